The summed E-state index contributed by atoms with van der Waals surface area (Å²) < 4.78 is 19.1. The number of methoxy groups -OCH3 is 1. The van der Waals surface area contributed by atoms with Crippen molar-refractivity contribution in [3.05, 3.63) is 60.2 Å². The highest BCUT2D eigenvalue weighted by atomic mass is 16.5. The molecule has 7 nitrogen and oxygen atoms in total. The number of amides is 1. The minimum atomic E-state index is 0.0725. The molecule has 0 radical (unpaired) electrons. The lowest BCUT2D eigenvalue weighted by molar-refractivity contribution is -0.133. The topological polar surface area (TPSA) is 65.8 Å². The highest BCUT2D eigenvalue weighted by Gasteiger charge is 2.27. The van der Waals surface area contributed by atoms with E-state index in [0.717, 1.165) is 42.0 Å². The predicted octanol–water partition coefficient (Wildman–Crippen LogP) is 4.81. The summed E-state index contributed by atoms with van der Waals surface area (Å²) in [7, 11) is 3.50. The molecular formula is C26H31N3O4. The van der Waals surface area contributed by atoms with Crippen LogP contribution in [0.1, 0.15) is 31.7 Å². The van der Waals surface area contributed by atoms with Crippen LogP contribution in [0.3, 0.4) is 0 Å². The van der Waals surface area contributed by atoms with E-state index in [1.165, 1.54) is 0 Å². The van der Waals surface area contributed by atoms with Crippen molar-refractivity contribution in [2.75, 3.05) is 20.3 Å². The van der Waals surface area contributed by atoms with Crippen LogP contribution in [-0.2, 0) is 23.1 Å². The van der Waals surface area contributed by atoms with Crippen molar-refractivity contribution in [1.82, 2.24) is 14.7 Å². The van der Waals surface area contributed by atoms with Gasteiger partial charge in [0.05, 0.1) is 25.3 Å². The van der Waals surface area contributed by atoms with Crippen LogP contribution in [0.15, 0.2) is 54.6 Å². The number of aromatic nitrogens is 2. The standard InChI is InChI=1S/C26H31N3O4/c1-4-24(30)29(17-22-11-8-16-32-22)18-23-25(19-9-6-5-7-10-19)27-28(2)26(23)33-21-14-12-20(31-3)13-15-21/h5-7,9-10,12-15,22H,4,8,11,16-18H2,1-3H3. The van der Waals surface area contributed by atoms with Crippen molar-refractivity contribution in [2.45, 2.75) is 38.8 Å². The minimum absolute atomic E-state index is 0.0725. The molecule has 0 bridgehead atoms. The second-order valence-corrected chi connectivity index (χ2v) is 8.16. The van der Waals surface area contributed by atoms with Gasteiger partial charge in [-0.25, -0.2) is 4.68 Å². The molecule has 1 aromatic heterocycles. The van der Waals surface area contributed by atoms with Crippen molar-refractivity contribution in [3.63, 3.8) is 0 Å². The third kappa shape index (κ3) is 5.37. The summed E-state index contributed by atoms with van der Waals surface area (Å²) in [4.78, 5) is 14.8. The van der Waals surface area contributed by atoms with Gasteiger partial charge in [0.15, 0.2) is 0 Å². The second-order valence-electron chi connectivity index (χ2n) is 8.16. The fourth-order valence-corrected chi connectivity index (χ4v) is 4.11. The SMILES string of the molecule is CCC(=O)N(Cc1c(-c2ccccc2)nn(C)c1Oc1ccc(OC)cc1)CC1CCCO1. The molecule has 0 aliphatic carbocycles. The maximum Gasteiger partial charge on any atom is 0.223 e. The van der Waals surface area contributed by atoms with E-state index in [1.54, 1.807) is 11.8 Å². The van der Waals surface area contributed by atoms with Crippen molar-refractivity contribution in [1.29, 1.82) is 0 Å². The van der Waals surface area contributed by atoms with E-state index >= 15 is 0 Å². The highest BCUT2D eigenvalue weighted by molar-refractivity contribution is 5.76. The van der Waals surface area contributed by atoms with Gasteiger partial charge >= 0.3 is 0 Å². The predicted molar refractivity (Wildman–Crippen MR) is 126 cm³/mol. The average Bonchev–Trinajstić information content (AvgIpc) is 3.47. The van der Waals surface area contributed by atoms with Crippen molar-refractivity contribution >= 4 is 5.91 Å². The summed E-state index contributed by atoms with van der Waals surface area (Å²) in [5.74, 6) is 2.13. The third-order valence-corrected chi connectivity index (χ3v) is 5.86. The van der Waals surface area contributed by atoms with Gasteiger partial charge in [-0.3, -0.25) is 4.79 Å². The molecule has 0 spiro atoms. The number of rotatable bonds is 9. The lowest BCUT2D eigenvalue weighted by atomic mass is 10.1. The molecular weight excluding hydrogens is 418 g/mol. The third-order valence-electron chi connectivity index (χ3n) is 5.86. The van der Waals surface area contributed by atoms with Crippen LogP contribution in [0.2, 0.25) is 0 Å². The number of ether oxygens (including phenoxy) is 3. The zero-order valence-corrected chi connectivity index (χ0v) is 19.5. The smallest absolute Gasteiger partial charge is 0.223 e. The van der Waals surface area contributed by atoms with Gasteiger partial charge < -0.3 is 19.1 Å². The van der Waals surface area contributed by atoms with Gasteiger partial charge in [-0.1, -0.05) is 37.3 Å². The molecule has 1 aliphatic rings. The van der Waals surface area contributed by atoms with Gasteiger partial charge in [-0.2, -0.15) is 5.10 Å². The molecule has 3 aromatic rings. The Balaban J connectivity index is 1.71. The molecule has 1 unspecified atom stereocenters. The van der Waals surface area contributed by atoms with E-state index < -0.39 is 0 Å². The Morgan fingerprint density at radius 3 is 2.52 bits per heavy atom. The monoisotopic (exact) mass is 449 g/mol. The van der Waals surface area contributed by atoms with Crippen LogP contribution >= 0.6 is 0 Å². The molecule has 0 N–H and O–H groups in total. The van der Waals surface area contributed by atoms with E-state index in [0.29, 0.717) is 31.1 Å². The molecule has 2 aromatic carbocycles. The summed E-state index contributed by atoms with van der Waals surface area (Å²) in [6.07, 6.45) is 2.51. The van der Waals surface area contributed by atoms with Crippen LogP contribution < -0.4 is 9.47 Å². The molecule has 1 atom stereocenters. The second kappa shape index (κ2) is 10.5. The Morgan fingerprint density at radius 1 is 1.15 bits per heavy atom. The molecule has 33 heavy (non-hydrogen) atoms. The summed E-state index contributed by atoms with van der Waals surface area (Å²) in [6.45, 7) is 3.61. The van der Waals surface area contributed by atoms with Gasteiger partial charge in [0.2, 0.25) is 11.8 Å². The molecule has 174 valence electrons. The highest BCUT2D eigenvalue weighted by Crippen LogP contribution is 2.35. The van der Waals surface area contributed by atoms with Gasteiger partial charge in [0.25, 0.3) is 0 Å². The maximum absolute atomic E-state index is 12.9. The number of carbonyl (C=O) groups excluding carboxylic acids is 1. The number of carbonyl (C=O) groups is 1. The Morgan fingerprint density at radius 2 is 1.88 bits per heavy atom. The Labute approximate surface area is 194 Å². The molecule has 1 aliphatic heterocycles. The first-order chi connectivity index (χ1) is 16.1. The largest absolute Gasteiger partial charge is 0.497 e. The Kier molecular flexibility index (Phi) is 7.29. The normalized spacial score (nSPS) is 15.4. The van der Waals surface area contributed by atoms with E-state index in [4.69, 9.17) is 19.3 Å². The lowest BCUT2D eigenvalue weighted by Gasteiger charge is -2.25. The number of nitrogens with zero attached hydrogens (tertiary/aromatic N) is 3. The number of hydrogen-bond acceptors (Lipinski definition) is 5. The summed E-state index contributed by atoms with van der Waals surface area (Å²) in [5.41, 5.74) is 2.66. The Hall–Kier alpha value is -3.32. The van der Waals surface area contributed by atoms with Crippen LogP contribution in [0.5, 0.6) is 17.4 Å². The summed E-state index contributed by atoms with van der Waals surface area (Å²) in [5, 5.41) is 4.78. The van der Waals surface area contributed by atoms with E-state index in [1.807, 2.05) is 73.5 Å². The zero-order valence-electron chi connectivity index (χ0n) is 19.5. The lowest BCUT2D eigenvalue weighted by Crippen LogP contribution is -2.36. The number of aryl methyl sites for hydroxylation is 1. The van der Waals surface area contributed by atoms with Crippen LogP contribution in [0.4, 0.5) is 0 Å². The first kappa shape index (κ1) is 22.9. The molecule has 1 saturated heterocycles. The average molecular weight is 450 g/mol. The van der Waals surface area contributed by atoms with Gasteiger partial charge in [0.1, 0.15) is 17.2 Å². The molecule has 7 heteroatoms. The first-order valence-corrected chi connectivity index (χ1v) is 11.4. The quantitative estimate of drug-likeness (QED) is 0.469. The van der Waals surface area contributed by atoms with E-state index in [2.05, 4.69) is 0 Å². The van der Waals surface area contributed by atoms with Crippen molar-refractivity contribution in [2.24, 2.45) is 7.05 Å². The van der Waals surface area contributed by atoms with Gasteiger partial charge in [-0.15, -0.1) is 0 Å². The van der Waals surface area contributed by atoms with E-state index in [9.17, 15) is 4.79 Å². The van der Waals surface area contributed by atoms with Crippen LogP contribution in [0.25, 0.3) is 11.3 Å². The molecule has 2 heterocycles. The Bertz CT molecular complexity index is 1060. The summed E-state index contributed by atoms with van der Waals surface area (Å²) in [6, 6.07) is 17.4. The minimum Gasteiger partial charge on any atom is -0.497 e. The van der Waals surface area contributed by atoms with Gasteiger partial charge in [0, 0.05) is 32.2 Å². The molecule has 0 saturated carbocycles. The van der Waals surface area contributed by atoms with Crippen molar-refractivity contribution < 1.29 is 19.0 Å². The molecule has 4 rings (SSSR count). The first-order valence-electron chi connectivity index (χ1n) is 11.4. The fraction of sp³-hybridized carbons (Fsp3) is 0.385. The maximum atomic E-state index is 12.9. The molecule has 1 fully saturated rings. The number of benzene rings is 2. The van der Waals surface area contributed by atoms with Gasteiger partial charge in [-0.05, 0) is 37.1 Å². The van der Waals surface area contributed by atoms with Crippen LogP contribution in [-0.4, -0.2) is 47.0 Å². The van der Waals surface area contributed by atoms with Crippen molar-refractivity contribution in [3.8, 4) is 28.6 Å². The summed E-state index contributed by atoms with van der Waals surface area (Å²) >= 11 is 0. The molecule has 1 amide bonds. The fourth-order valence-electron chi connectivity index (χ4n) is 4.11. The van der Waals surface area contributed by atoms with E-state index in [-0.39, 0.29) is 12.0 Å². The number of hydrogen-bond donors (Lipinski definition) is 0. The van der Waals surface area contributed by atoms with Crippen LogP contribution in [0, 0.1) is 0 Å². The zero-order chi connectivity index (χ0) is 23.2.